The van der Waals surface area contributed by atoms with Gasteiger partial charge in [-0.25, -0.2) is 4.98 Å². The second-order valence-corrected chi connectivity index (χ2v) is 4.02. The molecule has 1 fully saturated rings. The largest absolute Gasteiger partial charge is 0.433 e. The number of carbonyl (C=O) groups is 1. The summed E-state index contributed by atoms with van der Waals surface area (Å²) in [7, 11) is 0. The molecule has 1 aliphatic rings. The van der Waals surface area contributed by atoms with Crippen LogP contribution in [0.1, 0.15) is 40.5 Å². The monoisotopic (exact) mass is 249 g/mol. The van der Waals surface area contributed by atoms with Gasteiger partial charge in [-0.15, -0.1) is 0 Å². The summed E-state index contributed by atoms with van der Waals surface area (Å²) in [6.07, 6.45) is -2.98. The van der Waals surface area contributed by atoms with Crippen molar-refractivity contribution in [2.75, 3.05) is 0 Å². The molecule has 0 N–H and O–H groups in total. The third-order valence-electron chi connectivity index (χ3n) is 2.39. The van der Waals surface area contributed by atoms with Crippen molar-refractivity contribution >= 4 is 16.8 Å². The molecule has 0 unspecified atom stereocenters. The zero-order valence-corrected chi connectivity index (χ0v) is 8.77. The smallest absolute Gasteiger partial charge is 0.276 e. The molecule has 0 bridgehead atoms. The van der Waals surface area contributed by atoms with Crippen LogP contribution in [-0.2, 0) is 6.18 Å². The summed E-state index contributed by atoms with van der Waals surface area (Å²) in [5, 5.41) is -0.761. The van der Waals surface area contributed by atoms with Crippen molar-refractivity contribution < 1.29 is 18.0 Å². The highest BCUT2D eigenvalue weighted by Crippen LogP contribution is 2.42. The van der Waals surface area contributed by atoms with E-state index in [9.17, 15) is 18.0 Å². The first-order valence-corrected chi connectivity index (χ1v) is 5.05. The normalized spacial score (nSPS) is 16.2. The average molecular weight is 250 g/mol. The quantitative estimate of drug-likeness (QED) is 0.753. The maximum Gasteiger partial charge on any atom is 0.433 e. The first-order valence-electron chi connectivity index (χ1n) is 4.67. The second-order valence-electron chi connectivity index (χ2n) is 3.68. The Morgan fingerprint density at radius 2 is 2.00 bits per heavy atom. The Morgan fingerprint density at radius 3 is 2.44 bits per heavy atom. The van der Waals surface area contributed by atoms with Crippen LogP contribution in [0.25, 0.3) is 0 Å². The number of rotatable bonds is 2. The standard InChI is InChI=1S/C10H7ClF3NO/c11-9(16)6-3-4-7(10(12,13)14)15-8(6)5-1-2-5/h3-5H,1-2H2. The average Bonchev–Trinajstić information content (AvgIpc) is 2.98. The molecular weight excluding hydrogens is 243 g/mol. The summed E-state index contributed by atoms with van der Waals surface area (Å²) in [5.74, 6) is -0.0556. The van der Waals surface area contributed by atoms with E-state index in [1.807, 2.05) is 0 Å². The van der Waals surface area contributed by atoms with Crippen molar-refractivity contribution in [2.45, 2.75) is 24.9 Å². The van der Waals surface area contributed by atoms with Crippen LogP contribution < -0.4 is 0 Å². The van der Waals surface area contributed by atoms with E-state index in [1.165, 1.54) is 0 Å². The second kappa shape index (κ2) is 3.73. The molecule has 6 heteroatoms. The Bertz CT molecular complexity index is 440. The Labute approximate surface area is 94.4 Å². The van der Waals surface area contributed by atoms with Gasteiger partial charge in [0.1, 0.15) is 5.69 Å². The van der Waals surface area contributed by atoms with Crippen molar-refractivity contribution in [3.63, 3.8) is 0 Å². The summed E-state index contributed by atoms with van der Waals surface area (Å²) in [5.41, 5.74) is -0.719. The fourth-order valence-corrected chi connectivity index (χ4v) is 1.63. The van der Waals surface area contributed by atoms with E-state index in [2.05, 4.69) is 4.98 Å². The van der Waals surface area contributed by atoms with E-state index in [4.69, 9.17) is 11.6 Å². The van der Waals surface area contributed by atoms with Crippen LogP contribution in [0.15, 0.2) is 12.1 Å². The lowest BCUT2D eigenvalue weighted by Gasteiger charge is -2.09. The van der Waals surface area contributed by atoms with Crippen molar-refractivity contribution in [3.05, 3.63) is 29.1 Å². The van der Waals surface area contributed by atoms with Crippen LogP contribution in [0.3, 0.4) is 0 Å². The summed E-state index contributed by atoms with van der Waals surface area (Å²) in [6.45, 7) is 0. The van der Waals surface area contributed by atoms with Gasteiger partial charge in [-0.1, -0.05) is 0 Å². The molecule has 1 heterocycles. The highest BCUT2D eigenvalue weighted by atomic mass is 35.5. The maximum absolute atomic E-state index is 12.4. The van der Waals surface area contributed by atoms with Crippen LogP contribution in [0.5, 0.6) is 0 Å². The van der Waals surface area contributed by atoms with Gasteiger partial charge in [0.2, 0.25) is 0 Å². The predicted molar refractivity (Wildman–Crippen MR) is 51.4 cm³/mol. The molecular formula is C10H7ClF3NO. The third kappa shape index (κ3) is 2.19. The molecule has 1 aromatic rings. The van der Waals surface area contributed by atoms with Gasteiger partial charge in [0.05, 0.1) is 11.3 Å². The SMILES string of the molecule is O=C(Cl)c1ccc(C(F)(F)F)nc1C1CC1. The van der Waals surface area contributed by atoms with Crippen LogP contribution in [0.2, 0.25) is 0 Å². The van der Waals surface area contributed by atoms with Crippen molar-refractivity contribution in [1.29, 1.82) is 0 Å². The summed E-state index contributed by atoms with van der Waals surface area (Å²) in [6, 6.07) is 1.88. The molecule has 0 amide bonds. The number of pyridine rings is 1. The Kier molecular flexibility index (Phi) is 2.66. The van der Waals surface area contributed by atoms with Gasteiger partial charge in [0.25, 0.3) is 5.24 Å². The number of carbonyl (C=O) groups excluding carboxylic acids is 1. The topological polar surface area (TPSA) is 30.0 Å². The van der Waals surface area contributed by atoms with Gasteiger partial charge in [-0.2, -0.15) is 13.2 Å². The molecule has 1 aliphatic carbocycles. The lowest BCUT2D eigenvalue weighted by atomic mass is 10.1. The molecule has 0 radical (unpaired) electrons. The van der Waals surface area contributed by atoms with Gasteiger partial charge in [0.15, 0.2) is 0 Å². The summed E-state index contributed by atoms with van der Waals surface area (Å²) < 4.78 is 37.2. The predicted octanol–water partition coefficient (Wildman–Crippen LogP) is 3.36. The van der Waals surface area contributed by atoms with E-state index in [0.29, 0.717) is 0 Å². The summed E-state index contributed by atoms with van der Waals surface area (Å²) in [4.78, 5) is 14.5. The third-order valence-corrected chi connectivity index (χ3v) is 2.59. The van der Waals surface area contributed by atoms with E-state index in [1.54, 1.807) is 0 Å². The number of aromatic nitrogens is 1. The first-order chi connectivity index (χ1) is 7.39. The number of halogens is 4. The zero-order chi connectivity index (χ0) is 11.9. The minimum absolute atomic E-state index is 0.0556. The van der Waals surface area contributed by atoms with Crippen molar-refractivity contribution in [3.8, 4) is 0 Å². The van der Waals surface area contributed by atoms with Gasteiger partial charge in [-0.3, -0.25) is 4.79 Å². The molecule has 16 heavy (non-hydrogen) atoms. The fraction of sp³-hybridized carbons (Fsp3) is 0.400. The van der Waals surface area contributed by atoms with Crippen molar-refractivity contribution in [1.82, 2.24) is 4.98 Å². The Morgan fingerprint density at radius 1 is 1.38 bits per heavy atom. The van der Waals surface area contributed by atoms with E-state index in [-0.39, 0.29) is 17.2 Å². The van der Waals surface area contributed by atoms with E-state index >= 15 is 0 Å². The number of nitrogens with zero attached hydrogens (tertiary/aromatic N) is 1. The van der Waals surface area contributed by atoms with Crippen LogP contribution in [-0.4, -0.2) is 10.2 Å². The van der Waals surface area contributed by atoms with Crippen molar-refractivity contribution in [2.24, 2.45) is 0 Å². The molecule has 0 aromatic carbocycles. The molecule has 86 valence electrons. The minimum atomic E-state index is -4.49. The molecule has 0 atom stereocenters. The molecule has 0 saturated heterocycles. The minimum Gasteiger partial charge on any atom is -0.276 e. The fourth-order valence-electron chi connectivity index (χ4n) is 1.47. The van der Waals surface area contributed by atoms with Gasteiger partial charge < -0.3 is 0 Å². The Balaban J connectivity index is 2.48. The first kappa shape index (κ1) is 11.4. The maximum atomic E-state index is 12.4. The zero-order valence-electron chi connectivity index (χ0n) is 8.01. The molecule has 1 aromatic heterocycles. The van der Waals surface area contributed by atoms with Gasteiger partial charge in [0, 0.05) is 5.92 Å². The number of alkyl halides is 3. The van der Waals surface area contributed by atoms with Crippen LogP contribution >= 0.6 is 11.6 Å². The van der Waals surface area contributed by atoms with Gasteiger partial charge >= 0.3 is 6.18 Å². The highest BCUT2D eigenvalue weighted by molar-refractivity contribution is 6.67. The molecule has 2 nitrogen and oxygen atoms in total. The van der Waals surface area contributed by atoms with Gasteiger partial charge in [-0.05, 0) is 36.6 Å². The lowest BCUT2D eigenvalue weighted by molar-refractivity contribution is -0.141. The number of hydrogen-bond donors (Lipinski definition) is 0. The molecule has 0 spiro atoms. The molecule has 0 aliphatic heterocycles. The molecule has 2 rings (SSSR count). The lowest BCUT2D eigenvalue weighted by Crippen LogP contribution is -2.11. The van der Waals surface area contributed by atoms with E-state index in [0.717, 1.165) is 25.0 Å². The van der Waals surface area contributed by atoms with E-state index < -0.39 is 17.1 Å². The van der Waals surface area contributed by atoms with Crippen LogP contribution in [0, 0.1) is 0 Å². The molecule has 1 saturated carbocycles. The number of hydrogen-bond acceptors (Lipinski definition) is 2. The van der Waals surface area contributed by atoms with Crippen LogP contribution in [0.4, 0.5) is 13.2 Å². The summed E-state index contributed by atoms with van der Waals surface area (Å²) >= 11 is 5.29. The highest BCUT2D eigenvalue weighted by Gasteiger charge is 2.36. The Hall–Kier alpha value is -1.10.